The summed E-state index contributed by atoms with van der Waals surface area (Å²) in [5, 5.41) is 2.93. The molecule has 0 bridgehead atoms. The average Bonchev–Trinajstić information content (AvgIpc) is 2.97. The zero-order chi connectivity index (χ0) is 31.9. The molecule has 0 aliphatic heterocycles. The minimum Gasteiger partial charge on any atom is -0.455 e. The summed E-state index contributed by atoms with van der Waals surface area (Å²) >= 11 is 0. The van der Waals surface area contributed by atoms with Crippen LogP contribution in [0.5, 0.6) is 0 Å². The maximum Gasteiger partial charge on any atom is 0.313 e. The molecule has 0 aromatic heterocycles. The molecule has 1 aromatic carbocycles. The number of Topliss-reactive ketones (excluding diaryl/α,β-unsaturated/α-hetero) is 1. The van der Waals surface area contributed by atoms with Gasteiger partial charge in [0.05, 0.1) is 5.41 Å². The largest absolute Gasteiger partial charge is 0.455 e. The van der Waals surface area contributed by atoms with Crippen LogP contribution in [0.25, 0.3) is 0 Å². The number of benzene rings is 1. The number of hydrogen-bond donors (Lipinski definition) is 1. The molecule has 1 amide bonds. The van der Waals surface area contributed by atoms with Gasteiger partial charge in [-0.05, 0) is 116 Å². The van der Waals surface area contributed by atoms with Gasteiger partial charge in [-0.15, -0.1) is 0 Å². The summed E-state index contributed by atoms with van der Waals surface area (Å²) in [6.07, 6.45) is 11.1. The number of carbonyl (C=O) groups is 3. The van der Waals surface area contributed by atoms with Gasteiger partial charge in [0.15, 0.2) is 6.61 Å². The van der Waals surface area contributed by atoms with E-state index in [1.165, 1.54) is 5.57 Å². The summed E-state index contributed by atoms with van der Waals surface area (Å²) in [4.78, 5) is 40.2. The van der Waals surface area contributed by atoms with Gasteiger partial charge >= 0.3 is 5.97 Å². The van der Waals surface area contributed by atoms with Crippen LogP contribution >= 0.6 is 0 Å². The summed E-state index contributed by atoms with van der Waals surface area (Å²) in [7, 11) is 0. The molecule has 44 heavy (non-hydrogen) atoms. The molecule has 1 N–H and O–H groups in total. The van der Waals surface area contributed by atoms with Crippen LogP contribution in [-0.4, -0.2) is 24.3 Å². The molecule has 4 fully saturated rings. The molecule has 0 saturated heterocycles. The average molecular weight is 602 g/mol. The fourth-order valence-corrected chi connectivity index (χ4v) is 11.8. The summed E-state index contributed by atoms with van der Waals surface area (Å²) < 4.78 is 5.95. The molecule has 5 nitrogen and oxygen atoms in total. The Labute approximate surface area is 265 Å². The third kappa shape index (κ3) is 4.33. The number of anilines is 1. The Balaban J connectivity index is 1.30. The molecule has 0 spiro atoms. The third-order valence-corrected chi connectivity index (χ3v) is 14.9. The molecule has 0 heterocycles. The number of para-hydroxylation sites is 1. The number of ketones is 1. The van der Waals surface area contributed by atoms with Gasteiger partial charge in [-0.3, -0.25) is 14.4 Å². The molecule has 5 aliphatic rings. The summed E-state index contributed by atoms with van der Waals surface area (Å²) in [6.45, 7) is 18.4. The van der Waals surface area contributed by atoms with Crippen LogP contribution in [0.4, 0.5) is 5.69 Å². The molecular formula is C39H55NO4. The molecule has 0 radical (unpaired) electrons. The van der Waals surface area contributed by atoms with Crippen LogP contribution in [-0.2, 0) is 19.1 Å². The number of fused-ring (bicyclic) bond motifs is 7. The summed E-state index contributed by atoms with van der Waals surface area (Å²) in [5.41, 5.74) is 2.64. The molecule has 5 heteroatoms. The van der Waals surface area contributed by atoms with Gasteiger partial charge < -0.3 is 10.1 Å². The molecule has 4 saturated carbocycles. The van der Waals surface area contributed by atoms with E-state index in [2.05, 4.69) is 59.9 Å². The predicted octanol–water partition coefficient (Wildman–Crippen LogP) is 8.70. The highest BCUT2D eigenvalue weighted by molar-refractivity contribution is 5.94. The van der Waals surface area contributed by atoms with Crippen molar-refractivity contribution in [1.82, 2.24) is 0 Å². The first-order valence-corrected chi connectivity index (χ1v) is 17.4. The van der Waals surface area contributed by atoms with Gasteiger partial charge in [0, 0.05) is 17.5 Å². The van der Waals surface area contributed by atoms with Crippen LogP contribution < -0.4 is 5.32 Å². The van der Waals surface area contributed by atoms with Gasteiger partial charge in [-0.2, -0.15) is 0 Å². The highest BCUT2D eigenvalue weighted by Crippen LogP contribution is 2.75. The normalized spacial score (nSPS) is 42.5. The second-order valence-electron chi connectivity index (χ2n) is 16.9. The van der Waals surface area contributed by atoms with E-state index < -0.39 is 5.41 Å². The van der Waals surface area contributed by atoms with Gasteiger partial charge in [-0.25, -0.2) is 0 Å². The Bertz CT molecular complexity index is 1390. The van der Waals surface area contributed by atoms with Gasteiger partial charge in [0.25, 0.3) is 5.91 Å². The number of allylic oxidation sites excluding steroid dienone is 2. The second kappa shape index (κ2) is 10.6. The summed E-state index contributed by atoms with van der Waals surface area (Å²) in [6, 6.07) is 7.67. The number of nitrogens with one attached hydrogen (secondary N) is 1. The van der Waals surface area contributed by atoms with Crippen molar-refractivity contribution in [2.45, 2.75) is 113 Å². The number of carbonyl (C=O) groups excluding carboxylic acids is 3. The first-order chi connectivity index (χ1) is 20.6. The molecular weight excluding hydrogens is 546 g/mol. The van der Waals surface area contributed by atoms with Crippen molar-refractivity contribution < 1.29 is 19.1 Å². The lowest BCUT2D eigenvalue weighted by Gasteiger charge is -2.70. The van der Waals surface area contributed by atoms with Crippen LogP contribution in [0.15, 0.2) is 35.9 Å². The smallest absolute Gasteiger partial charge is 0.313 e. The Hall–Kier alpha value is -2.43. The molecule has 0 unspecified atom stereocenters. The number of esters is 1. The Morgan fingerprint density at radius 1 is 0.932 bits per heavy atom. The number of hydrogen-bond acceptors (Lipinski definition) is 4. The van der Waals surface area contributed by atoms with E-state index >= 15 is 0 Å². The summed E-state index contributed by atoms with van der Waals surface area (Å²) in [5.74, 6) is 1.94. The van der Waals surface area contributed by atoms with Crippen LogP contribution in [0, 0.1) is 63.6 Å². The SMILES string of the molecule is Cc1ccccc1NC(=O)COC(=O)[C@]12CC[C@@H](C)[C@H](C)[C@H]1C1=CC[C@@H]3[C@@]4(C)CCC(=O)C(C)(C)[C@@H]4CC[C@@]3(C)[C@]1(C)CC2. The first-order valence-electron chi connectivity index (χ1n) is 17.4. The Morgan fingerprint density at radius 3 is 2.39 bits per heavy atom. The van der Waals surface area contributed by atoms with Crippen LogP contribution in [0.1, 0.15) is 112 Å². The van der Waals surface area contributed by atoms with Crippen molar-refractivity contribution >= 4 is 23.3 Å². The minimum atomic E-state index is -0.580. The standard InChI is InChI=1S/C39H55NO4/c1-24-15-20-39(34(43)44-23-32(42)40-28-12-10-9-11-25(28)2)22-21-37(7)27(33(39)26(24)3)13-14-30-36(6)18-17-31(41)35(4,5)29(36)16-19-38(30,37)8/h9-13,24,26,29-30,33H,14-23H2,1-8H3,(H,40,42)/t24-,26+,29+,30-,33+,36+,37-,38-,39+/m1/s1. The maximum atomic E-state index is 14.3. The lowest BCUT2D eigenvalue weighted by Crippen LogP contribution is -2.65. The molecule has 1 aromatic rings. The zero-order valence-electron chi connectivity index (χ0n) is 28.5. The molecule has 240 valence electrons. The van der Waals surface area contributed by atoms with Crippen molar-refractivity contribution in [3.63, 3.8) is 0 Å². The van der Waals surface area contributed by atoms with Crippen molar-refractivity contribution in [2.24, 2.45) is 56.7 Å². The molecule has 5 aliphatic carbocycles. The van der Waals surface area contributed by atoms with Crippen molar-refractivity contribution in [2.75, 3.05) is 11.9 Å². The van der Waals surface area contributed by atoms with Gasteiger partial charge in [-0.1, -0.05) is 78.3 Å². The highest BCUT2D eigenvalue weighted by atomic mass is 16.5. The Morgan fingerprint density at radius 2 is 1.66 bits per heavy atom. The van der Waals surface area contributed by atoms with E-state index in [0.29, 0.717) is 35.9 Å². The van der Waals surface area contributed by atoms with Crippen LogP contribution in [0.3, 0.4) is 0 Å². The Kier molecular flexibility index (Phi) is 7.57. The fourth-order valence-electron chi connectivity index (χ4n) is 11.8. The van der Waals surface area contributed by atoms with E-state index in [1.54, 1.807) is 0 Å². The number of amides is 1. The van der Waals surface area contributed by atoms with Crippen molar-refractivity contribution in [3.8, 4) is 0 Å². The topological polar surface area (TPSA) is 72.5 Å². The minimum absolute atomic E-state index is 0.00251. The van der Waals surface area contributed by atoms with E-state index in [1.807, 2.05) is 31.2 Å². The van der Waals surface area contributed by atoms with Crippen molar-refractivity contribution in [3.05, 3.63) is 41.5 Å². The predicted molar refractivity (Wildman–Crippen MR) is 175 cm³/mol. The molecule has 9 atom stereocenters. The van der Waals surface area contributed by atoms with Gasteiger partial charge in [0.2, 0.25) is 0 Å². The fraction of sp³-hybridized carbons (Fsp3) is 0.718. The highest BCUT2D eigenvalue weighted by Gasteiger charge is 2.69. The van der Waals surface area contributed by atoms with E-state index in [9.17, 15) is 14.4 Å². The maximum absolute atomic E-state index is 14.3. The number of aryl methyl sites for hydroxylation is 1. The quantitative estimate of drug-likeness (QED) is 0.277. The van der Waals surface area contributed by atoms with Gasteiger partial charge in [0.1, 0.15) is 5.78 Å². The second-order valence-corrected chi connectivity index (χ2v) is 16.9. The lowest BCUT2D eigenvalue weighted by atomic mass is 9.33. The van der Waals surface area contributed by atoms with Crippen LogP contribution in [0.2, 0.25) is 0 Å². The van der Waals surface area contributed by atoms with E-state index in [0.717, 1.165) is 62.6 Å². The number of rotatable bonds is 4. The van der Waals surface area contributed by atoms with Crippen molar-refractivity contribution in [1.29, 1.82) is 0 Å². The molecule has 6 rings (SSSR count). The monoisotopic (exact) mass is 601 g/mol. The lowest BCUT2D eigenvalue weighted by molar-refractivity contribution is -0.192. The third-order valence-electron chi connectivity index (χ3n) is 14.9. The zero-order valence-corrected chi connectivity index (χ0v) is 28.5. The number of ether oxygens (including phenoxy) is 1. The first kappa shape index (κ1) is 31.5. The van der Waals surface area contributed by atoms with E-state index in [-0.39, 0.29) is 46.1 Å². The van der Waals surface area contributed by atoms with E-state index in [4.69, 9.17) is 4.74 Å².